The first kappa shape index (κ1) is 24.5. The Balaban J connectivity index is 1.21. The van der Waals surface area contributed by atoms with E-state index < -0.39 is 6.04 Å². The van der Waals surface area contributed by atoms with Crippen molar-refractivity contribution in [2.45, 2.75) is 51.2 Å². The summed E-state index contributed by atoms with van der Waals surface area (Å²) < 4.78 is 0. The van der Waals surface area contributed by atoms with Gasteiger partial charge in [-0.15, -0.1) is 11.3 Å². The molecule has 0 aliphatic carbocycles. The summed E-state index contributed by atoms with van der Waals surface area (Å²) in [6.07, 6.45) is 4.82. The number of carbonyl (C=O) groups is 3. The summed E-state index contributed by atoms with van der Waals surface area (Å²) in [5.41, 5.74) is 2.38. The molecule has 0 bridgehead atoms. The normalized spacial score (nSPS) is 17.6. The minimum atomic E-state index is -0.607. The van der Waals surface area contributed by atoms with E-state index in [4.69, 9.17) is 0 Å². The van der Waals surface area contributed by atoms with Crippen molar-refractivity contribution in [2.24, 2.45) is 0 Å². The maximum absolute atomic E-state index is 13.3. The van der Waals surface area contributed by atoms with Crippen molar-refractivity contribution in [1.29, 1.82) is 0 Å². The van der Waals surface area contributed by atoms with Gasteiger partial charge in [0.05, 0.1) is 16.6 Å². The summed E-state index contributed by atoms with van der Waals surface area (Å²) in [4.78, 5) is 45.0. The van der Waals surface area contributed by atoms with E-state index in [2.05, 4.69) is 32.8 Å². The molecule has 4 heterocycles. The molecule has 2 aliphatic rings. The molecule has 0 saturated carbocycles. The van der Waals surface area contributed by atoms with E-state index in [0.717, 1.165) is 53.7 Å². The second kappa shape index (κ2) is 10.4. The van der Waals surface area contributed by atoms with E-state index in [1.165, 1.54) is 11.3 Å². The van der Waals surface area contributed by atoms with Crippen LogP contribution in [0.5, 0.6) is 0 Å². The number of aromatic amines is 1. The van der Waals surface area contributed by atoms with Gasteiger partial charge in [0.15, 0.2) is 0 Å². The van der Waals surface area contributed by atoms with E-state index in [-0.39, 0.29) is 23.8 Å². The fraction of sp³-hybridized carbons (Fsp3) is 0.462. The number of piperidine rings is 1. The maximum atomic E-state index is 13.3. The first-order valence-electron chi connectivity index (χ1n) is 12.5. The van der Waals surface area contributed by atoms with Gasteiger partial charge >= 0.3 is 0 Å². The molecule has 1 fully saturated rings. The number of nitrogens with zero attached hydrogens (tertiary/aromatic N) is 3. The third-order valence-corrected chi connectivity index (χ3v) is 8.41. The Hall–Kier alpha value is -3.24. The molecule has 36 heavy (non-hydrogen) atoms. The lowest BCUT2D eigenvalue weighted by atomic mass is 10.0. The highest BCUT2D eigenvalue weighted by Gasteiger charge is 2.30. The van der Waals surface area contributed by atoms with E-state index in [1.54, 1.807) is 23.2 Å². The van der Waals surface area contributed by atoms with Crippen molar-refractivity contribution in [3.8, 4) is 0 Å². The Morgan fingerprint density at radius 2 is 1.97 bits per heavy atom. The molecule has 1 aromatic carbocycles. The number of likely N-dealkylation sites (tertiary alicyclic amines) is 1. The zero-order valence-electron chi connectivity index (χ0n) is 20.7. The van der Waals surface area contributed by atoms with E-state index in [1.807, 2.05) is 19.1 Å². The molecule has 190 valence electrons. The number of benzene rings is 1. The van der Waals surface area contributed by atoms with Crippen LogP contribution in [0.3, 0.4) is 0 Å². The minimum absolute atomic E-state index is 0.0184. The van der Waals surface area contributed by atoms with Crippen LogP contribution >= 0.6 is 11.3 Å². The molecule has 0 unspecified atom stereocenters. The Morgan fingerprint density at radius 1 is 1.17 bits per heavy atom. The van der Waals surface area contributed by atoms with E-state index in [0.29, 0.717) is 30.0 Å². The Bertz CT molecular complexity index is 1280. The molecule has 10 heteroatoms. The molecular weight excluding hydrogens is 476 g/mol. The van der Waals surface area contributed by atoms with Crippen LogP contribution < -0.4 is 10.6 Å². The molecule has 3 aromatic rings. The molecule has 0 spiro atoms. The summed E-state index contributed by atoms with van der Waals surface area (Å²) >= 11 is 1.53. The number of amides is 3. The van der Waals surface area contributed by atoms with Crippen molar-refractivity contribution in [2.75, 3.05) is 26.7 Å². The lowest BCUT2D eigenvalue weighted by Gasteiger charge is -2.30. The lowest BCUT2D eigenvalue weighted by Crippen LogP contribution is -2.49. The van der Waals surface area contributed by atoms with Gasteiger partial charge in [-0.1, -0.05) is 6.92 Å². The lowest BCUT2D eigenvalue weighted by molar-refractivity contribution is -0.134. The Kier molecular flexibility index (Phi) is 7.06. The van der Waals surface area contributed by atoms with Crippen molar-refractivity contribution in [3.05, 3.63) is 51.3 Å². The first-order valence-corrected chi connectivity index (χ1v) is 13.4. The first-order chi connectivity index (χ1) is 17.4. The number of hydrogen-bond acceptors (Lipinski definition) is 6. The Morgan fingerprint density at radius 3 is 2.75 bits per heavy atom. The molecular formula is C26H32N6O3S. The fourth-order valence-corrected chi connectivity index (χ4v) is 5.99. The van der Waals surface area contributed by atoms with Gasteiger partial charge in [0.2, 0.25) is 5.91 Å². The standard InChI is InChI=1S/C26H32N6O3S/c1-3-20(29-24(33)16-4-5-21-17(12-16)14-27-30-21)26(35)32-11-8-22-18(15-32)13-23(36-22)25(34)28-19-6-9-31(2)10-7-19/h4-5,12-14,19-20H,3,6-11,15H2,1-2H3,(H,27,30)(H,28,34)(H,29,33)/t20-/m1/s1. The van der Waals surface area contributed by atoms with Crippen LogP contribution in [0.4, 0.5) is 0 Å². The van der Waals surface area contributed by atoms with Gasteiger partial charge in [-0.25, -0.2) is 0 Å². The van der Waals surface area contributed by atoms with Crippen LogP contribution in [0.2, 0.25) is 0 Å². The number of aromatic nitrogens is 2. The molecule has 1 atom stereocenters. The Labute approximate surface area is 214 Å². The third-order valence-electron chi connectivity index (χ3n) is 7.17. The second-order valence-corrected chi connectivity index (χ2v) is 10.9. The quantitative estimate of drug-likeness (QED) is 0.474. The van der Waals surface area contributed by atoms with Crippen LogP contribution in [0, 0.1) is 0 Å². The average Bonchev–Trinajstić information content (AvgIpc) is 3.54. The fourth-order valence-electron chi connectivity index (χ4n) is 4.93. The second-order valence-electron chi connectivity index (χ2n) is 9.73. The van der Waals surface area contributed by atoms with Gasteiger partial charge in [0.1, 0.15) is 6.04 Å². The SMILES string of the molecule is CC[C@@H](NC(=O)c1ccc2[nH]ncc2c1)C(=O)N1CCc2sc(C(=O)NC3CCN(C)CC3)cc2C1. The zero-order chi connectivity index (χ0) is 25.2. The van der Waals surface area contributed by atoms with Crippen molar-refractivity contribution < 1.29 is 14.4 Å². The predicted octanol–water partition coefficient (Wildman–Crippen LogP) is 2.54. The minimum Gasteiger partial charge on any atom is -0.349 e. The van der Waals surface area contributed by atoms with Crippen LogP contribution in [0.15, 0.2) is 30.5 Å². The van der Waals surface area contributed by atoms with Gasteiger partial charge in [0, 0.05) is 35.0 Å². The van der Waals surface area contributed by atoms with E-state index >= 15 is 0 Å². The molecule has 1 saturated heterocycles. The summed E-state index contributed by atoms with van der Waals surface area (Å²) in [7, 11) is 2.10. The van der Waals surface area contributed by atoms with Crippen LogP contribution in [0.25, 0.3) is 10.9 Å². The maximum Gasteiger partial charge on any atom is 0.261 e. The summed E-state index contributed by atoms with van der Waals surface area (Å²) in [6, 6.07) is 6.84. The van der Waals surface area contributed by atoms with Gasteiger partial charge < -0.3 is 20.4 Å². The van der Waals surface area contributed by atoms with Crippen molar-refractivity contribution >= 4 is 40.0 Å². The molecule has 2 aromatic heterocycles. The smallest absolute Gasteiger partial charge is 0.261 e. The zero-order valence-corrected chi connectivity index (χ0v) is 21.5. The van der Waals surface area contributed by atoms with Gasteiger partial charge in [-0.05, 0) is 75.6 Å². The van der Waals surface area contributed by atoms with Gasteiger partial charge in [-0.2, -0.15) is 5.10 Å². The van der Waals surface area contributed by atoms with Crippen molar-refractivity contribution in [1.82, 2.24) is 30.6 Å². The van der Waals surface area contributed by atoms with Crippen LogP contribution in [-0.4, -0.2) is 76.5 Å². The highest BCUT2D eigenvalue weighted by Crippen LogP contribution is 2.29. The summed E-state index contributed by atoms with van der Waals surface area (Å²) in [5, 5.41) is 13.8. The average molecular weight is 509 g/mol. The topological polar surface area (TPSA) is 110 Å². The number of thiophene rings is 1. The largest absolute Gasteiger partial charge is 0.349 e. The van der Waals surface area contributed by atoms with Gasteiger partial charge in [0.25, 0.3) is 11.8 Å². The predicted molar refractivity (Wildman–Crippen MR) is 139 cm³/mol. The number of hydrogen-bond donors (Lipinski definition) is 3. The molecule has 0 radical (unpaired) electrons. The van der Waals surface area contributed by atoms with Gasteiger partial charge in [-0.3, -0.25) is 19.5 Å². The highest BCUT2D eigenvalue weighted by molar-refractivity contribution is 7.14. The van der Waals surface area contributed by atoms with Crippen molar-refractivity contribution in [3.63, 3.8) is 0 Å². The van der Waals surface area contributed by atoms with E-state index in [9.17, 15) is 14.4 Å². The van der Waals surface area contributed by atoms with Crippen LogP contribution in [0.1, 0.15) is 56.7 Å². The molecule has 3 amide bonds. The molecule has 2 aliphatic heterocycles. The highest BCUT2D eigenvalue weighted by atomic mass is 32.1. The molecule has 3 N–H and O–H groups in total. The summed E-state index contributed by atoms with van der Waals surface area (Å²) in [6.45, 7) is 4.93. The number of H-pyrrole nitrogens is 1. The third kappa shape index (κ3) is 5.15. The van der Waals surface area contributed by atoms with Crippen LogP contribution in [-0.2, 0) is 17.8 Å². The monoisotopic (exact) mass is 508 g/mol. The number of carbonyl (C=O) groups excluding carboxylic acids is 3. The molecule has 9 nitrogen and oxygen atoms in total. The number of rotatable bonds is 6. The number of nitrogens with one attached hydrogen (secondary N) is 3. The molecule has 5 rings (SSSR count). The number of fused-ring (bicyclic) bond motifs is 2. The summed E-state index contributed by atoms with van der Waals surface area (Å²) in [5.74, 6) is -0.390.